The molecule has 1 aromatic heterocycles. The Hall–Kier alpha value is -2.34. The predicted octanol–water partition coefficient (Wildman–Crippen LogP) is 1.40. The van der Waals surface area contributed by atoms with E-state index in [4.69, 9.17) is 9.57 Å². The van der Waals surface area contributed by atoms with Gasteiger partial charge in [-0.15, -0.1) is 4.73 Å². The number of benzene rings is 1. The molecule has 1 aromatic carbocycles. The summed E-state index contributed by atoms with van der Waals surface area (Å²) in [6, 6.07) is 7.57. The van der Waals surface area contributed by atoms with Crippen LogP contribution in [-0.2, 0) is 16.0 Å². The van der Waals surface area contributed by atoms with Crippen LogP contribution in [-0.4, -0.2) is 42.2 Å². The van der Waals surface area contributed by atoms with E-state index in [1.807, 2.05) is 38.4 Å². The second-order valence-corrected chi connectivity index (χ2v) is 5.59. The van der Waals surface area contributed by atoms with Crippen molar-refractivity contribution in [1.29, 1.82) is 0 Å². The SMILES string of the molecule is CN(C)CCc1c2n(c3ccccc13)OC(=O)CCC(=O)O2. The van der Waals surface area contributed by atoms with Gasteiger partial charge in [-0.1, -0.05) is 18.2 Å². The molecule has 3 rings (SSSR count). The van der Waals surface area contributed by atoms with Gasteiger partial charge >= 0.3 is 11.9 Å². The predicted molar refractivity (Wildman–Crippen MR) is 80.7 cm³/mol. The van der Waals surface area contributed by atoms with E-state index in [0.29, 0.717) is 12.3 Å². The van der Waals surface area contributed by atoms with Crippen LogP contribution in [0.25, 0.3) is 10.9 Å². The lowest BCUT2D eigenvalue weighted by Gasteiger charge is -2.15. The highest BCUT2D eigenvalue weighted by molar-refractivity contribution is 5.90. The van der Waals surface area contributed by atoms with E-state index in [0.717, 1.165) is 23.0 Å². The smallest absolute Gasteiger partial charge is 0.333 e. The number of aromatic nitrogens is 1. The summed E-state index contributed by atoms with van der Waals surface area (Å²) in [6.45, 7) is 0.798. The monoisotopic (exact) mass is 302 g/mol. The number of hydrogen-bond donors (Lipinski definition) is 0. The molecule has 0 radical (unpaired) electrons. The molecule has 0 saturated heterocycles. The van der Waals surface area contributed by atoms with E-state index in [1.165, 1.54) is 4.73 Å². The molecular weight excluding hydrogens is 284 g/mol. The summed E-state index contributed by atoms with van der Waals surface area (Å²) in [5.41, 5.74) is 1.61. The number of carbonyl (C=O) groups is 2. The van der Waals surface area contributed by atoms with Crippen molar-refractivity contribution in [3.8, 4) is 5.88 Å². The number of fused-ring (bicyclic) bond motifs is 3. The van der Waals surface area contributed by atoms with Crippen molar-refractivity contribution in [2.45, 2.75) is 19.3 Å². The number of hydrogen-bond acceptors (Lipinski definition) is 5. The molecule has 2 heterocycles. The Morgan fingerprint density at radius 2 is 1.86 bits per heavy atom. The average molecular weight is 302 g/mol. The molecular formula is C16H18N2O4. The van der Waals surface area contributed by atoms with E-state index in [1.54, 1.807) is 0 Å². The Labute approximate surface area is 128 Å². The summed E-state index contributed by atoms with van der Waals surface area (Å²) in [6.07, 6.45) is 0.756. The Kier molecular flexibility index (Phi) is 3.85. The Balaban J connectivity index is 2.16. The molecule has 1 aliphatic rings. The molecule has 0 fully saturated rings. The van der Waals surface area contributed by atoms with Gasteiger partial charge in [0.1, 0.15) is 0 Å². The van der Waals surface area contributed by atoms with Crippen LogP contribution in [0, 0.1) is 0 Å². The van der Waals surface area contributed by atoms with E-state index in [2.05, 4.69) is 4.90 Å². The molecule has 0 bridgehead atoms. The standard InChI is InChI=1S/C16H18N2O4/c1-17(2)10-9-12-11-5-3-4-6-13(11)18-16(12)21-14(19)7-8-15(20)22-18/h3-6H,7-10H2,1-2H3. The van der Waals surface area contributed by atoms with Crippen LogP contribution < -0.4 is 9.57 Å². The van der Waals surface area contributed by atoms with Crippen LogP contribution in [0.4, 0.5) is 0 Å². The normalized spacial score (nSPS) is 15.2. The van der Waals surface area contributed by atoms with Crippen molar-refractivity contribution < 1.29 is 19.2 Å². The highest BCUT2D eigenvalue weighted by Crippen LogP contribution is 2.33. The van der Waals surface area contributed by atoms with Gasteiger partial charge in [-0.25, -0.2) is 4.79 Å². The lowest BCUT2D eigenvalue weighted by molar-refractivity contribution is -0.151. The molecule has 0 N–H and O–H groups in total. The molecule has 1 aliphatic heterocycles. The quantitative estimate of drug-likeness (QED) is 0.802. The van der Waals surface area contributed by atoms with E-state index in [9.17, 15) is 9.59 Å². The maximum absolute atomic E-state index is 11.9. The van der Waals surface area contributed by atoms with Crippen molar-refractivity contribution in [2.24, 2.45) is 0 Å². The average Bonchev–Trinajstić information content (AvgIpc) is 2.75. The number of esters is 1. The molecule has 6 nitrogen and oxygen atoms in total. The highest BCUT2D eigenvalue weighted by atomic mass is 16.7. The molecule has 116 valence electrons. The summed E-state index contributed by atoms with van der Waals surface area (Å²) >= 11 is 0. The van der Waals surface area contributed by atoms with E-state index >= 15 is 0 Å². The van der Waals surface area contributed by atoms with Gasteiger partial charge in [0.25, 0.3) is 0 Å². The van der Waals surface area contributed by atoms with Crippen LogP contribution in [0.5, 0.6) is 5.88 Å². The minimum atomic E-state index is -0.433. The third-order valence-electron chi connectivity index (χ3n) is 3.64. The lowest BCUT2D eigenvalue weighted by atomic mass is 10.1. The number of likely N-dealkylation sites (N-methyl/N-ethyl adjacent to an activating group) is 1. The summed E-state index contributed by atoms with van der Waals surface area (Å²) < 4.78 is 6.81. The van der Waals surface area contributed by atoms with Gasteiger partial charge in [0.2, 0.25) is 5.88 Å². The topological polar surface area (TPSA) is 60.8 Å². The zero-order chi connectivity index (χ0) is 15.7. The fourth-order valence-corrected chi connectivity index (χ4v) is 2.53. The summed E-state index contributed by atoms with van der Waals surface area (Å²) in [4.78, 5) is 31.1. The molecule has 0 saturated carbocycles. The fourth-order valence-electron chi connectivity index (χ4n) is 2.53. The molecule has 6 heteroatoms. The molecule has 0 amide bonds. The van der Waals surface area contributed by atoms with Gasteiger partial charge in [0.05, 0.1) is 18.4 Å². The zero-order valence-corrected chi connectivity index (χ0v) is 12.7. The van der Waals surface area contributed by atoms with Gasteiger partial charge in [-0.3, -0.25) is 4.79 Å². The lowest BCUT2D eigenvalue weighted by Crippen LogP contribution is -2.26. The van der Waals surface area contributed by atoms with Gasteiger partial charge < -0.3 is 14.5 Å². The van der Waals surface area contributed by atoms with Crippen LogP contribution in [0.3, 0.4) is 0 Å². The number of nitrogens with zero attached hydrogens (tertiary/aromatic N) is 2. The van der Waals surface area contributed by atoms with Crippen LogP contribution >= 0.6 is 0 Å². The molecule has 22 heavy (non-hydrogen) atoms. The first-order valence-electron chi connectivity index (χ1n) is 7.25. The van der Waals surface area contributed by atoms with Crippen molar-refractivity contribution in [3.05, 3.63) is 29.8 Å². The number of carbonyl (C=O) groups excluding carboxylic acids is 2. The van der Waals surface area contributed by atoms with Gasteiger partial charge in [0, 0.05) is 17.5 Å². The molecule has 0 spiro atoms. The zero-order valence-electron chi connectivity index (χ0n) is 12.7. The third kappa shape index (κ3) is 2.69. The van der Waals surface area contributed by atoms with Crippen molar-refractivity contribution in [3.63, 3.8) is 0 Å². The summed E-state index contributed by atoms with van der Waals surface area (Å²) in [5, 5.41) is 0.932. The van der Waals surface area contributed by atoms with Crippen molar-refractivity contribution in [2.75, 3.05) is 20.6 Å². The molecule has 0 atom stereocenters. The maximum atomic E-state index is 11.9. The number of ether oxygens (including phenoxy) is 1. The Morgan fingerprint density at radius 3 is 2.64 bits per heavy atom. The first kappa shape index (κ1) is 14.6. The summed E-state index contributed by atoms with van der Waals surface area (Å²) in [7, 11) is 3.96. The van der Waals surface area contributed by atoms with Gasteiger partial charge in [0.15, 0.2) is 0 Å². The Morgan fingerprint density at radius 1 is 1.14 bits per heavy atom. The molecule has 0 unspecified atom stereocenters. The minimum Gasteiger partial charge on any atom is -0.406 e. The number of rotatable bonds is 3. The first-order chi connectivity index (χ1) is 10.6. The fraction of sp³-hybridized carbons (Fsp3) is 0.375. The third-order valence-corrected chi connectivity index (χ3v) is 3.64. The first-order valence-corrected chi connectivity index (χ1v) is 7.25. The van der Waals surface area contributed by atoms with Crippen LogP contribution in [0.1, 0.15) is 18.4 Å². The van der Waals surface area contributed by atoms with E-state index in [-0.39, 0.29) is 12.8 Å². The van der Waals surface area contributed by atoms with Crippen LogP contribution in [0.2, 0.25) is 0 Å². The van der Waals surface area contributed by atoms with E-state index < -0.39 is 11.9 Å². The highest BCUT2D eigenvalue weighted by Gasteiger charge is 2.26. The molecule has 2 aromatic rings. The second kappa shape index (κ2) is 5.81. The van der Waals surface area contributed by atoms with Crippen molar-refractivity contribution in [1.82, 2.24) is 9.63 Å². The minimum absolute atomic E-state index is 0.0256. The van der Waals surface area contributed by atoms with Gasteiger partial charge in [-0.05, 0) is 26.6 Å². The largest absolute Gasteiger partial charge is 0.406 e. The Bertz CT molecular complexity index is 733. The van der Waals surface area contributed by atoms with Crippen LogP contribution in [0.15, 0.2) is 24.3 Å². The maximum Gasteiger partial charge on any atom is 0.333 e. The second-order valence-electron chi connectivity index (χ2n) is 5.59. The van der Waals surface area contributed by atoms with Crippen molar-refractivity contribution >= 4 is 22.8 Å². The number of para-hydroxylation sites is 1. The molecule has 0 aliphatic carbocycles. The van der Waals surface area contributed by atoms with Gasteiger partial charge in [-0.2, -0.15) is 0 Å². The summed E-state index contributed by atoms with van der Waals surface area (Å²) in [5.74, 6) is -0.522.